The molecule has 0 saturated carbocycles. The van der Waals surface area contributed by atoms with E-state index < -0.39 is 10.0 Å². The average molecular weight is 235 g/mol. The van der Waals surface area contributed by atoms with Crippen molar-refractivity contribution in [2.24, 2.45) is 5.14 Å². The maximum Gasteiger partial charge on any atom is 0.247 e. The summed E-state index contributed by atoms with van der Waals surface area (Å²) in [5, 5.41) is 4.94. The van der Waals surface area contributed by atoms with E-state index in [2.05, 4.69) is 12.6 Å². The highest BCUT2D eigenvalue weighted by Crippen LogP contribution is 2.21. The first-order valence-corrected chi connectivity index (χ1v) is 6.43. The zero-order chi connectivity index (χ0) is 9.90. The zero-order valence-electron chi connectivity index (χ0n) is 6.67. The summed E-state index contributed by atoms with van der Waals surface area (Å²) in [6, 6.07) is 3.21. The Morgan fingerprint density at radius 3 is 2.69 bits per heavy atom. The smallest absolute Gasteiger partial charge is 0.224 e. The van der Waals surface area contributed by atoms with Gasteiger partial charge in [0.2, 0.25) is 10.0 Å². The molecule has 1 heterocycles. The number of nitrogens with two attached hydrogens (primary N) is 1. The van der Waals surface area contributed by atoms with E-state index in [1.54, 1.807) is 6.07 Å². The van der Waals surface area contributed by atoms with Crippen LogP contribution < -0.4 is 5.14 Å². The van der Waals surface area contributed by atoms with Crippen LogP contribution in [0, 0.1) is 0 Å². The summed E-state index contributed by atoms with van der Waals surface area (Å²) in [5.41, 5.74) is 0. The Hall–Kier alpha value is -0.300. The number of sulfonamides is 1. The number of hydrogen-bond donors (Lipinski definition) is 2. The first-order valence-electron chi connectivity index (χ1n) is 3.44. The molecule has 1 aromatic heterocycles. The number of thiol groups is 1. The highest BCUT2D eigenvalue weighted by atomic mass is 32.2. The van der Waals surface area contributed by atoms with Gasteiger partial charge in [-0.15, -0.1) is 11.3 Å². The standard InChI is InChI=1S/C7H9NO2S3/c8-13(9,10)7-4-3-6(12-7)2-1-5-11/h1-4,11H,5H2,(H2,8,9,10). The van der Waals surface area contributed by atoms with Crippen molar-refractivity contribution in [1.82, 2.24) is 0 Å². The van der Waals surface area contributed by atoms with Crippen LogP contribution in [0.25, 0.3) is 6.08 Å². The largest absolute Gasteiger partial charge is 0.247 e. The quantitative estimate of drug-likeness (QED) is 0.777. The maximum atomic E-state index is 10.9. The Bertz CT molecular complexity index is 405. The SMILES string of the molecule is NS(=O)(=O)c1ccc(C=CCS)s1. The van der Waals surface area contributed by atoms with Crippen LogP contribution in [0.4, 0.5) is 0 Å². The molecule has 0 aliphatic heterocycles. The summed E-state index contributed by atoms with van der Waals surface area (Å²) < 4.78 is 21.9. The molecule has 13 heavy (non-hydrogen) atoms. The summed E-state index contributed by atoms with van der Waals surface area (Å²) in [4.78, 5) is 0.859. The van der Waals surface area contributed by atoms with E-state index in [9.17, 15) is 8.42 Å². The van der Waals surface area contributed by atoms with E-state index in [1.165, 1.54) is 6.07 Å². The molecule has 0 unspecified atom stereocenters. The Morgan fingerprint density at radius 2 is 2.23 bits per heavy atom. The van der Waals surface area contributed by atoms with Gasteiger partial charge in [0.15, 0.2) is 0 Å². The highest BCUT2D eigenvalue weighted by Gasteiger charge is 2.09. The molecular weight excluding hydrogens is 226 g/mol. The molecule has 0 aromatic carbocycles. The van der Waals surface area contributed by atoms with Crippen LogP contribution in [0.2, 0.25) is 0 Å². The molecule has 1 rings (SSSR count). The molecule has 0 atom stereocenters. The number of thiophene rings is 1. The molecule has 0 fully saturated rings. The number of rotatable bonds is 3. The van der Waals surface area contributed by atoms with Gasteiger partial charge in [0, 0.05) is 10.6 Å². The van der Waals surface area contributed by atoms with Gasteiger partial charge < -0.3 is 0 Å². The zero-order valence-corrected chi connectivity index (χ0v) is 9.20. The third kappa shape index (κ3) is 3.15. The Labute approximate surface area is 86.7 Å². The van der Waals surface area contributed by atoms with E-state index in [0.717, 1.165) is 16.2 Å². The lowest BCUT2D eigenvalue weighted by Gasteiger charge is -1.88. The molecule has 1 aromatic rings. The predicted octanol–water partition coefficient (Wildman–Crippen LogP) is 1.34. The molecule has 0 aliphatic carbocycles. The van der Waals surface area contributed by atoms with Crippen LogP contribution in [0.1, 0.15) is 4.88 Å². The molecule has 0 aliphatic rings. The van der Waals surface area contributed by atoms with Gasteiger partial charge in [-0.25, -0.2) is 13.6 Å². The van der Waals surface area contributed by atoms with Gasteiger partial charge >= 0.3 is 0 Å². The summed E-state index contributed by atoms with van der Waals surface area (Å²) in [6.07, 6.45) is 3.65. The van der Waals surface area contributed by atoms with Crippen molar-refractivity contribution in [3.63, 3.8) is 0 Å². The molecule has 2 N–H and O–H groups in total. The molecule has 0 amide bonds. The highest BCUT2D eigenvalue weighted by molar-refractivity contribution is 7.91. The fourth-order valence-electron chi connectivity index (χ4n) is 0.746. The van der Waals surface area contributed by atoms with Crippen LogP contribution in [0.3, 0.4) is 0 Å². The predicted molar refractivity (Wildman–Crippen MR) is 58.6 cm³/mol. The average Bonchev–Trinajstić information content (AvgIpc) is 2.47. The van der Waals surface area contributed by atoms with Gasteiger partial charge in [-0.1, -0.05) is 6.08 Å². The Balaban J connectivity index is 2.94. The molecule has 3 nitrogen and oxygen atoms in total. The fraction of sp³-hybridized carbons (Fsp3) is 0.143. The normalized spacial score (nSPS) is 12.5. The van der Waals surface area contributed by atoms with Gasteiger partial charge in [-0.2, -0.15) is 12.6 Å². The Kier molecular flexibility index (Phi) is 3.55. The first kappa shape index (κ1) is 10.8. The van der Waals surface area contributed by atoms with Crippen molar-refractivity contribution in [3.05, 3.63) is 23.1 Å². The van der Waals surface area contributed by atoms with Crippen molar-refractivity contribution in [3.8, 4) is 0 Å². The second-order valence-corrected chi connectivity index (χ2v) is 5.56. The minimum Gasteiger partial charge on any atom is -0.224 e. The van der Waals surface area contributed by atoms with E-state index >= 15 is 0 Å². The number of hydrogen-bond acceptors (Lipinski definition) is 4. The molecule has 0 bridgehead atoms. The number of primary sulfonamides is 1. The second kappa shape index (κ2) is 4.28. The van der Waals surface area contributed by atoms with Crippen LogP contribution in [-0.2, 0) is 10.0 Å². The maximum absolute atomic E-state index is 10.9. The van der Waals surface area contributed by atoms with Crippen LogP contribution in [-0.4, -0.2) is 14.2 Å². The van der Waals surface area contributed by atoms with Gasteiger partial charge in [-0.05, 0) is 18.2 Å². The summed E-state index contributed by atoms with van der Waals surface area (Å²) in [7, 11) is -3.54. The van der Waals surface area contributed by atoms with Gasteiger partial charge in [-0.3, -0.25) is 0 Å². The van der Waals surface area contributed by atoms with Crippen LogP contribution in [0.15, 0.2) is 22.4 Å². The van der Waals surface area contributed by atoms with Crippen LogP contribution in [0.5, 0.6) is 0 Å². The van der Waals surface area contributed by atoms with Crippen molar-refractivity contribution in [2.75, 3.05) is 5.75 Å². The lowest BCUT2D eigenvalue weighted by atomic mass is 10.4. The van der Waals surface area contributed by atoms with Crippen molar-refractivity contribution in [2.45, 2.75) is 4.21 Å². The molecule has 0 saturated heterocycles. The van der Waals surface area contributed by atoms with Gasteiger partial charge in [0.1, 0.15) is 4.21 Å². The van der Waals surface area contributed by atoms with Crippen molar-refractivity contribution < 1.29 is 8.42 Å². The second-order valence-electron chi connectivity index (χ2n) is 2.29. The molecule has 72 valence electrons. The van der Waals surface area contributed by atoms with E-state index in [0.29, 0.717) is 5.75 Å². The lowest BCUT2D eigenvalue weighted by Crippen LogP contribution is -2.09. The van der Waals surface area contributed by atoms with Gasteiger partial charge in [0.05, 0.1) is 0 Å². The summed E-state index contributed by atoms with van der Waals surface area (Å²) >= 11 is 5.14. The topological polar surface area (TPSA) is 60.2 Å². The van der Waals surface area contributed by atoms with E-state index in [4.69, 9.17) is 5.14 Å². The van der Waals surface area contributed by atoms with E-state index in [1.807, 2.05) is 12.2 Å². The minimum absolute atomic E-state index is 0.186. The van der Waals surface area contributed by atoms with Crippen molar-refractivity contribution in [1.29, 1.82) is 0 Å². The summed E-state index contributed by atoms with van der Waals surface area (Å²) in [5.74, 6) is 0.628. The monoisotopic (exact) mass is 235 g/mol. The molecule has 6 heteroatoms. The van der Waals surface area contributed by atoms with E-state index in [-0.39, 0.29) is 4.21 Å². The molecule has 0 radical (unpaired) electrons. The lowest BCUT2D eigenvalue weighted by molar-refractivity contribution is 0.600. The molecular formula is C7H9NO2S3. The minimum atomic E-state index is -3.54. The molecule has 0 spiro atoms. The third-order valence-corrected chi connectivity index (χ3v) is 3.97. The van der Waals surface area contributed by atoms with Gasteiger partial charge in [0.25, 0.3) is 0 Å². The Morgan fingerprint density at radius 1 is 1.54 bits per heavy atom. The van der Waals surface area contributed by atoms with Crippen LogP contribution >= 0.6 is 24.0 Å². The summed E-state index contributed by atoms with van der Waals surface area (Å²) in [6.45, 7) is 0. The van der Waals surface area contributed by atoms with Crippen molar-refractivity contribution >= 4 is 40.1 Å². The first-order chi connectivity index (χ1) is 6.04. The third-order valence-electron chi connectivity index (χ3n) is 1.27. The fourth-order valence-corrected chi connectivity index (χ4v) is 2.53.